The van der Waals surface area contributed by atoms with Crippen LogP contribution >= 0.6 is 0 Å². The molecule has 28 heavy (non-hydrogen) atoms. The topological polar surface area (TPSA) is 3.88 Å². The van der Waals surface area contributed by atoms with Gasteiger partial charge >= 0.3 is 0 Å². The molecule has 1 heteroatoms. The third kappa shape index (κ3) is 4.55. The molecule has 0 amide bonds. The van der Waals surface area contributed by atoms with E-state index >= 15 is 0 Å². The van der Waals surface area contributed by atoms with Gasteiger partial charge in [0.25, 0.3) is 0 Å². The zero-order valence-corrected chi connectivity index (χ0v) is 16.2. The van der Waals surface area contributed by atoms with Gasteiger partial charge in [0.05, 0.1) is 0 Å². The van der Waals surface area contributed by atoms with Gasteiger partial charge < -0.3 is 0 Å². The van der Waals surface area contributed by atoms with E-state index in [1.165, 1.54) is 17.0 Å². The normalized spacial score (nSPS) is 19.3. The molecule has 0 spiro atoms. The number of rotatable bonds is 6. The Labute approximate surface area is 168 Å². The van der Waals surface area contributed by atoms with Gasteiger partial charge in [-0.15, -0.1) is 0 Å². The summed E-state index contributed by atoms with van der Waals surface area (Å²) in [5.74, 6) is 1.18. The van der Waals surface area contributed by atoms with Gasteiger partial charge in [-0.2, -0.15) is 4.57 Å². The van der Waals surface area contributed by atoms with E-state index in [1.807, 2.05) is 0 Å². The Morgan fingerprint density at radius 3 is 1.32 bits per heavy atom. The smallest absolute Gasteiger partial charge is 0.195 e. The zero-order valence-electron chi connectivity index (χ0n) is 16.2. The number of hydrogen-bond acceptors (Lipinski definition) is 0. The van der Waals surface area contributed by atoms with E-state index in [0.717, 1.165) is 0 Å². The Kier molecular flexibility index (Phi) is 5.63. The number of pyridine rings is 1. The molecule has 0 bridgehead atoms. The molecule has 0 aromatic carbocycles. The molecule has 3 aliphatic carbocycles. The fourth-order valence-electron chi connectivity index (χ4n) is 3.52. The standard InChI is InChI=1S/C27H26N/c1-28-26(18-16-23-10-4-5-11-23)20-25(15-14-22-8-2-3-9-22)21-27(28)19-17-24-12-6-7-13-24/h2-24H,1H3/q+1/b15-14+,18-16+,19-17+. The maximum Gasteiger partial charge on any atom is 0.205 e. The van der Waals surface area contributed by atoms with Crippen molar-refractivity contribution < 1.29 is 4.57 Å². The Morgan fingerprint density at radius 2 is 0.929 bits per heavy atom. The van der Waals surface area contributed by atoms with E-state index in [4.69, 9.17) is 0 Å². The van der Waals surface area contributed by atoms with Crippen molar-refractivity contribution in [3.63, 3.8) is 0 Å². The monoisotopic (exact) mass is 364 g/mol. The van der Waals surface area contributed by atoms with Crippen LogP contribution in [0.3, 0.4) is 0 Å². The summed E-state index contributed by atoms with van der Waals surface area (Å²) < 4.78 is 2.25. The highest BCUT2D eigenvalue weighted by Gasteiger charge is 2.12. The average molecular weight is 365 g/mol. The summed E-state index contributed by atoms with van der Waals surface area (Å²) in [6.45, 7) is 0. The molecular formula is C27H26N+. The number of allylic oxidation sites excluding steroid dienone is 15. The molecule has 0 N–H and O–H groups in total. The Hall–Kier alpha value is -3.19. The van der Waals surface area contributed by atoms with E-state index in [0.29, 0.717) is 17.8 Å². The predicted molar refractivity (Wildman–Crippen MR) is 120 cm³/mol. The fraction of sp³-hybridized carbons (Fsp3) is 0.148. The van der Waals surface area contributed by atoms with Crippen LogP contribution in [0.1, 0.15) is 17.0 Å². The van der Waals surface area contributed by atoms with Gasteiger partial charge in [-0.3, -0.25) is 0 Å². The Bertz CT molecular complexity index is 894. The largest absolute Gasteiger partial charge is 0.205 e. The van der Waals surface area contributed by atoms with Crippen molar-refractivity contribution in [2.24, 2.45) is 24.8 Å². The lowest BCUT2D eigenvalue weighted by atomic mass is 10.1. The predicted octanol–water partition coefficient (Wildman–Crippen LogP) is 5.78. The van der Waals surface area contributed by atoms with Crippen molar-refractivity contribution in [1.29, 1.82) is 0 Å². The molecule has 1 heterocycles. The van der Waals surface area contributed by atoms with Crippen LogP contribution in [0.5, 0.6) is 0 Å². The van der Waals surface area contributed by atoms with Crippen molar-refractivity contribution in [2.45, 2.75) is 0 Å². The Balaban J connectivity index is 1.64. The van der Waals surface area contributed by atoms with Gasteiger partial charge in [-0.1, -0.05) is 97.2 Å². The van der Waals surface area contributed by atoms with E-state index < -0.39 is 0 Å². The third-order valence-corrected chi connectivity index (χ3v) is 5.23. The maximum absolute atomic E-state index is 2.25. The minimum absolute atomic E-state index is 0.390. The molecule has 0 saturated heterocycles. The number of hydrogen-bond donors (Lipinski definition) is 0. The highest BCUT2D eigenvalue weighted by Crippen LogP contribution is 2.18. The van der Waals surface area contributed by atoms with Gasteiger partial charge in [0.15, 0.2) is 0 Å². The van der Waals surface area contributed by atoms with Crippen LogP contribution in [-0.2, 0) is 7.05 Å². The fourth-order valence-corrected chi connectivity index (χ4v) is 3.52. The summed E-state index contributed by atoms with van der Waals surface area (Å²) >= 11 is 0. The lowest BCUT2D eigenvalue weighted by Crippen LogP contribution is -2.35. The molecule has 0 fully saturated rings. The van der Waals surface area contributed by atoms with Crippen LogP contribution in [0.2, 0.25) is 0 Å². The summed E-state index contributed by atoms with van der Waals surface area (Å²) in [5.41, 5.74) is 3.62. The van der Waals surface area contributed by atoms with E-state index in [1.54, 1.807) is 0 Å². The second kappa shape index (κ2) is 8.67. The first kappa shape index (κ1) is 18.2. The lowest BCUT2D eigenvalue weighted by Gasteiger charge is -2.04. The summed E-state index contributed by atoms with van der Waals surface area (Å²) in [6, 6.07) is 4.51. The quantitative estimate of drug-likeness (QED) is 0.564. The van der Waals surface area contributed by atoms with Gasteiger partial charge in [0, 0.05) is 42.0 Å². The van der Waals surface area contributed by atoms with Crippen LogP contribution < -0.4 is 4.57 Å². The van der Waals surface area contributed by atoms with Crippen molar-refractivity contribution in [3.8, 4) is 0 Å². The summed E-state index contributed by atoms with van der Waals surface area (Å²) in [4.78, 5) is 0. The first-order valence-corrected chi connectivity index (χ1v) is 9.92. The molecule has 0 aliphatic heterocycles. The average Bonchev–Trinajstić information content (AvgIpc) is 3.48. The molecule has 1 nitrogen and oxygen atoms in total. The molecule has 0 radical (unpaired) electrons. The molecule has 0 unspecified atom stereocenters. The number of aromatic nitrogens is 1. The molecule has 3 aliphatic rings. The van der Waals surface area contributed by atoms with Crippen LogP contribution in [0, 0.1) is 17.8 Å². The maximum atomic E-state index is 2.25. The summed E-state index contributed by atoms with van der Waals surface area (Å²) in [6.07, 6.45) is 39.3. The third-order valence-electron chi connectivity index (χ3n) is 5.23. The second-order valence-electron chi connectivity index (χ2n) is 7.32. The summed E-state index contributed by atoms with van der Waals surface area (Å²) in [7, 11) is 2.13. The van der Waals surface area contributed by atoms with E-state index in [9.17, 15) is 0 Å². The Morgan fingerprint density at radius 1 is 0.571 bits per heavy atom. The minimum Gasteiger partial charge on any atom is -0.195 e. The minimum atomic E-state index is 0.390. The number of nitrogens with zero attached hydrogens (tertiary/aromatic N) is 1. The van der Waals surface area contributed by atoms with Crippen molar-refractivity contribution in [1.82, 2.24) is 0 Å². The molecular weight excluding hydrogens is 338 g/mol. The highest BCUT2D eigenvalue weighted by molar-refractivity contribution is 5.59. The van der Waals surface area contributed by atoms with E-state index in [-0.39, 0.29) is 0 Å². The second-order valence-corrected chi connectivity index (χ2v) is 7.32. The molecule has 4 rings (SSSR count). The van der Waals surface area contributed by atoms with Crippen molar-refractivity contribution in [2.75, 3.05) is 0 Å². The van der Waals surface area contributed by atoms with Gasteiger partial charge in [0.2, 0.25) is 11.4 Å². The zero-order chi connectivity index (χ0) is 19.2. The van der Waals surface area contributed by atoms with Crippen LogP contribution in [-0.4, -0.2) is 0 Å². The lowest BCUT2D eigenvalue weighted by molar-refractivity contribution is -0.675. The molecule has 0 saturated carbocycles. The first-order chi connectivity index (χ1) is 13.8. The van der Waals surface area contributed by atoms with Crippen LogP contribution in [0.25, 0.3) is 18.2 Å². The first-order valence-electron chi connectivity index (χ1n) is 9.92. The molecule has 0 atom stereocenters. The highest BCUT2D eigenvalue weighted by atomic mass is 14.9. The molecule has 1 aromatic heterocycles. The van der Waals surface area contributed by atoms with E-state index in [2.05, 4.69) is 133 Å². The van der Waals surface area contributed by atoms with Gasteiger partial charge in [0.1, 0.15) is 7.05 Å². The summed E-state index contributed by atoms with van der Waals surface area (Å²) in [5, 5.41) is 0. The SMILES string of the molecule is C[n+]1c(/C=C/C2C=CC=C2)cc(/C=C/C2C=CC=C2)cc1/C=C/C1C=CC=C1. The van der Waals surface area contributed by atoms with Crippen molar-refractivity contribution in [3.05, 3.63) is 120 Å². The van der Waals surface area contributed by atoms with Gasteiger partial charge in [-0.25, -0.2) is 0 Å². The van der Waals surface area contributed by atoms with Crippen molar-refractivity contribution >= 4 is 18.2 Å². The van der Waals surface area contributed by atoms with Crippen LogP contribution in [0.15, 0.2) is 103 Å². The molecule has 1 aromatic rings. The van der Waals surface area contributed by atoms with Gasteiger partial charge in [-0.05, 0) is 5.56 Å². The van der Waals surface area contributed by atoms with Crippen LogP contribution in [0.4, 0.5) is 0 Å². The molecule has 138 valence electrons.